The van der Waals surface area contributed by atoms with Gasteiger partial charge in [0.05, 0.1) is 11.3 Å². The second kappa shape index (κ2) is 12.3. The number of ketones is 1. The van der Waals surface area contributed by atoms with Crippen LogP contribution in [0.15, 0.2) is 75.4 Å². The fourth-order valence-corrected chi connectivity index (χ4v) is 5.18. The Kier molecular flexibility index (Phi) is 9.10. The molecule has 7 heteroatoms. The van der Waals surface area contributed by atoms with Crippen LogP contribution in [0.5, 0.6) is 0 Å². The smallest absolute Gasteiger partial charge is 0.216 e. The number of nitrogens with zero attached hydrogens (tertiary/aromatic N) is 2. The fraction of sp³-hybridized carbons (Fsp3) is 0.250. The van der Waals surface area contributed by atoms with E-state index in [1.165, 1.54) is 36.6 Å². The van der Waals surface area contributed by atoms with Crippen molar-refractivity contribution in [1.29, 1.82) is 0 Å². The second-order valence-electron chi connectivity index (χ2n) is 11.9. The number of hydrogen-bond donors (Lipinski definition) is 1. The van der Waals surface area contributed by atoms with Crippen molar-refractivity contribution in [3.05, 3.63) is 95.0 Å². The molecule has 0 atom stereocenters. The molecule has 0 aliphatic heterocycles. The molecule has 4 aromatic heterocycles. The summed E-state index contributed by atoms with van der Waals surface area (Å²) in [5.41, 5.74) is 9.65. The van der Waals surface area contributed by atoms with Gasteiger partial charge in [-0.2, -0.15) is 0 Å². The Balaban J connectivity index is 0.000000475. The van der Waals surface area contributed by atoms with E-state index in [-0.39, 0.29) is 37.1 Å². The van der Waals surface area contributed by atoms with Crippen LogP contribution in [0.2, 0.25) is 0 Å². The summed E-state index contributed by atoms with van der Waals surface area (Å²) in [6, 6.07) is 19.9. The van der Waals surface area contributed by atoms with E-state index < -0.39 is 0 Å². The first-order valence-corrected chi connectivity index (χ1v) is 13.9. The Morgan fingerprint density at radius 2 is 1.65 bits per heavy atom. The Labute approximate surface area is 265 Å². The number of aliphatic hydroxyl groups excluding tert-OH is 1. The summed E-state index contributed by atoms with van der Waals surface area (Å²) in [4.78, 5) is 19.3. The van der Waals surface area contributed by atoms with Crippen molar-refractivity contribution in [3.8, 4) is 22.6 Å². The topological polar surface area (TPSA) is 89.4 Å². The molecule has 1 N–H and O–H groups in total. The average Bonchev–Trinajstić information content (AvgIpc) is 3.47. The number of fused-ring (bicyclic) bond motifs is 4. The maximum Gasteiger partial charge on any atom is 0.216 e. The molecule has 1 radical (unpaired) electrons. The molecule has 0 saturated carbocycles. The first kappa shape index (κ1) is 31.9. The molecule has 0 aliphatic carbocycles. The number of hydrogen-bond acceptors (Lipinski definition) is 6. The van der Waals surface area contributed by atoms with Gasteiger partial charge in [0.1, 0.15) is 11.3 Å². The number of furan rings is 2. The van der Waals surface area contributed by atoms with Crippen LogP contribution in [0.3, 0.4) is 0 Å². The predicted molar refractivity (Wildman–Crippen MR) is 169 cm³/mol. The molecule has 0 aliphatic rings. The summed E-state index contributed by atoms with van der Waals surface area (Å²) in [6.07, 6.45) is 3.03. The number of aliphatic hydroxyl groups is 1. The van der Waals surface area contributed by atoms with Crippen molar-refractivity contribution in [2.45, 2.75) is 60.8 Å². The van der Waals surface area contributed by atoms with E-state index in [4.69, 9.17) is 18.9 Å². The minimum absolute atomic E-state index is 0. The number of carbonyl (C=O) groups is 1. The Hall–Kier alpha value is -4.06. The van der Waals surface area contributed by atoms with E-state index in [2.05, 4.69) is 69.9 Å². The van der Waals surface area contributed by atoms with Gasteiger partial charge in [0.25, 0.3) is 0 Å². The molecule has 2 aromatic carbocycles. The molecule has 223 valence electrons. The molecule has 0 saturated heterocycles. The number of allylic oxidation sites excluding steroid dienone is 2. The third-order valence-corrected chi connectivity index (χ3v) is 7.15. The van der Waals surface area contributed by atoms with Gasteiger partial charge in [0, 0.05) is 54.4 Å². The van der Waals surface area contributed by atoms with Crippen molar-refractivity contribution in [2.24, 2.45) is 0 Å². The van der Waals surface area contributed by atoms with Crippen LogP contribution in [-0.4, -0.2) is 20.9 Å². The van der Waals surface area contributed by atoms with E-state index >= 15 is 0 Å². The molecule has 4 heterocycles. The van der Waals surface area contributed by atoms with Crippen LogP contribution in [0.4, 0.5) is 0 Å². The van der Waals surface area contributed by atoms with Gasteiger partial charge < -0.3 is 18.9 Å². The zero-order valence-corrected chi connectivity index (χ0v) is 28.1. The SMILES string of the molecule is CC(=O)/C=C(/C)O.Cc1ccc2c(n1)oc1c(-c3cc4oc(-c5c(C)cc(C(C)(C)C)cc5C)cc4cn3)[c-]ccc12.[Ir]. The van der Waals surface area contributed by atoms with Gasteiger partial charge >= 0.3 is 0 Å². The summed E-state index contributed by atoms with van der Waals surface area (Å²) >= 11 is 0. The standard InChI is InChI=1S/C31H27N2O2.C5H8O2.Ir/c1-17-12-21(31(4,5)6)13-18(2)28(17)27-14-20-16-32-25(15-26(20)34-27)24-9-7-8-22-23-11-10-19(3)33-30(23)35-29(22)24;1-4(6)3-5(2)7;/h7-8,10-16H,1-6H3;3,6H,1-2H3;/q-1;;/b;4-3-;. The molecule has 0 fully saturated rings. The molecule has 0 amide bonds. The zero-order valence-electron chi connectivity index (χ0n) is 25.7. The summed E-state index contributed by atoms with van der Waals surface area (Å²) in [5.74, 6) is 0.799. The number of aromatic nitrogens is 2. The van der Waals surface area contributed by atoms with E-state index in [0.717, 1.165) is 55.6 Å². The van der Waals surface area contributed by atoms with Gasteiger partial charge in [-0.15, -0.1) is 18.2 Å². The molecule has 0 bridgehead atoms. The quantitative estimate of drug-likeness (QED) is 0.110. The van der Waals surface area contributed by atoms with Crippen LogP contribution in [0.25, 0.3) is 55.6 Å². The summed E-state index contributed by atoms with van der Waals surface area (Å²) in [7, 11) is 0. The van der Waals surface area contributed by atoms with Gasteiger partial charge in [0.2, 0.25) is 5.71 Å². The third kappa shape index (κ3) is 6.64. The predicted octanol–water partition coefficient (Wildman–Crippen LogP) is 9.51. The van der Waals surface area contributed by atoms with E-state index in [9.17, 15) is 4.79 Å². The first-order valence-electron chi connectivity index (χ1n) is 13.9. The molecular formula is C36H35IrN2O4-. The molecule has 6 aromatic rings. The van der Waals surface area contributed by atoms with Crippen molar-refractivity contribution in [3.63, 3.8) is 0 Å². The molecule has 6 rings (SSSR count). The number of benzene rings is 2. The third-order valence-electron chi connectivity index (χ3n) is 7.15. The van der Waals surface area contributed by atoms with Crippen molar-refractivity contribution in [1.82, 2.24) is 9.97 Å². The average molecular weight is 752 g/mol. The van der Waals surface area contributed by atoms with Gasteiger partial charge in [-0.25, -0.2) is 4.98 Å². The van der Waals surface area contributed by atoms with Gasteiger partial charge in [-0.3, -0.25) is 4.79 Å². The minimum Gasteiger partial charge on any atom is -0.512 e. The maximum absolute atomic E-state index is 10.0. The van der Waals surface area contributed by atoms with E-state index in [0.29, 0.717) is 5.71 Å². The number of aryl methyl sites for hydroxylation is 3. The molecule has 6 nitrogen and oxygen atoms in total. The minimum atomic E-state index is -0.125. The van der Waals surface area contributed by atoms with Gasteiger partial charge in [-0.05, 0) is 86.7 Å². The van der Waals surface area contributed by atoms with Crippen molar-refractivity contribution in [2.75, 3.05) is 0 Å². The van der Waals surface area contributed by atoms with Crippen LogP contribution >= 0.6 is 0 Å². The van der Waals surface area contributed by atoms with Crippen molar-refractivity contribution >= 4 is 38.8 Å². The molecular weight excluding hydrogens is 717 g/mol. The largest absolute Gasteiger partial charge is 0.512 e. The summed E-state index contributed by atoms with van der Waals surface area (Å²) < 4.78 is 12.6. The Bertz CT molecular complexity index is 1980. The molecule has 43 heavy (non-hydrogen) atoms. The normalized spacial score (nSPS) is 11.9. The summed E-state index contributed by atoms with van der Waals surface area (Å²) in [6.45, 7) is 15.8. The monoisotopic (exact) mass is 752 g/mol. The van der Waals surface area contributed by atoms with E-state index in [1.54, 1.807) is 0 Å². The fourth-order valence-electron chi connectivity index (χ4n) is 5.18. The van der Waals surface area contributed by atoms with Gasteiger partial charge in [-0.1, -0.05) is 43.9 Å². The number of carbonyl (C=O) groups excluding carboxylic acids is 1. The van der Waals surface area contributed by atoms with Crippen LogP contribution in [0, 0.1) is 26.8 Å². The van der Waals surface area contributed by atoms with Gasteiger partial charge in [0.15, 0.2) is 5.78 Å². The molecule has 0 unspecified atom stereocenters. The summed E-state index contributed by atoms with van der Waals surface area (Å²) in [5, 5.41) is 11.3. The second-order valence-corrected chi connectivity index (χ2v) is 11.9. The first-order chi connectivity index (χ1) is 19.8. The Morgan fingerprint density at radius 1 is 0.953 bits per heavy atom. The van der Waals surface area contributed by atoms with Crippen molar-refractivity contribution < 1.29 is 38.8 Å². The number of pyridine rings is 2. The molecule has 0 spiro atoms. The number of rotatable bonds is 3. The maximum atomic E-state index is 10.0. The Morgan fingerprint density at radius 3 is 2.26 bits per heavy atom. The van der Waals surface area contributed by atoms with Crippen LogP contribution < -0.4 is 0 Å². The van der Waals surface area contributed by atoms with Crippen LogP contribution in [0.1, 0.15) is 57.0 Å². The van der Waals surface area contributed by atoms with Crippen LogP contribution in [-0.2, 0) is 30.3 Å². The van der Waals surface area contributed by atoms with E-state index in [1.807, 2.05) is 37.4 Å². The zero-order chi connectivity index (χ0) is 30.3.